The van der Waals surface area contributed by atoms with Gasteiger partial charge in [-0.25, -0.2) is 8.42 Å². The highest BCUT2D eigenvalue weighted by atomic mass is 32.2. The summed E-state index contributed by atoms with van der Waals surface area (Å²) in [6, 6.07) is 15.6. The van der Waals surface area contributed by atoms with Gasteiger partial charge in [-0.15, -0.1) is 0 Å². The quantitative estimate of drug-likeness (QED) is 0.856. The third-order valence-corrected chi connectivity index (χ3v) is 6.34. The van der Waals surface area contributed by atoms with E-state index in [-0.39, 0.29) is 0 Å². The van der Waals surface area contributed by atoms with Crippen LogP contribution in [0.25, 0.3) is 0 Å². The standard InChI is InChI=1S/C19H24N2O2S/c1-16-5-3-7-18(13-16)15-20-9-11-21(12-10-20)24(22,23)19-8-4-6-17(2)14-19/h3-8,13-14H,9-12,15H2,1-2H3. The van der Waals surface area contributed by atoms with Crippen LogP contribution in [0.3, 0.4) is 0 Å². The minimum absolute atomic E-state index is 0.398. The third kappa shape index (κ3) is 3.86. The zero-order chi connectivity index (χ0) is 17.2. The van der Waals surface area contributed by atoms with E-state index < -0.39 is 10.0 Å². The monoisotopic (exact) mass is 344 g/mol. The summed E-state index contributed by atoms with van der Waals surface area (Å²) in [6.07, 6.45) is 0. The van der Waals surface area contributed by atoms with Gasteiger partial charge in [-0.3, -0.25) is 4.90 Å². The van der Waals surface area contributed by atoms with Gasteiger partial charge in [0.2, 0.25) is 10.0 Å². The highest BCUT2D eigenvalue weighted by Gasteiger charge is 2.28. The van der Waals surface area contributed by atoms with Crippen molar-refractivity contribution < 1.29 is 8.42 Å². The van der Waals surface area contributed by atoms with Crippen molar-refractivity contribution in [2.75, 3.05) is 26.2 Å². The molecule has 1 fully saturated rings. The van der Waals surface area contributed by atoms with Gasteiger partial charge in [0.05, 0.1) is 4.90 Å². The zero-order valence-corrected chi connectivity index (χ0v) is 15.1. The largest absolute Gasteiger partial charge is 0.296 e. The first-order valence-corrected chi connectivity index (χ1v) is 9.74. The van der Waals surface area contributed by atoms with Gasteiger partial charge < -0.3 is 0 Å². The lowest BCUT2D eigenvalue weighted by atomic mass is 10.1. The molecule has 0 spiro atoms. The Hall–Kier alpha value is -1.69. The summed E-state index contributed by atoms with van der Waals surface area (Å²) in [4.78, 5) is 2.71. The minimum Gasteiger partial charge on any atom is -0.296 e. The van der Waals surface area contributed by atoms with Crippen molar-refractivity contribution in [1.29, 1.82) is 0 Å². The summed E-state index contributed by atoms with van der Waals surface area (Å²) in [5, 5.41) is 0. The summed E-state index contributed by atoms with van der Waals surface area (Å²) < 4.78 is 27.1. The molecule has 0 radical (unpaired) electrons. The second kappa shape index (κ2) is 7.05. The molecule has 0 atom stereocenters. The number of hydrogen-bond donors (Lipinski definition) is 0. The van der Waals surface area contributed by atoms with Crippen molar-refractivity contribution in [2.45, 2.75) is 25.3 Å². The minimum atomic E-state index is -3.38. The summed E-state index contributed by atoms with van der Waals surface area (Å²) in [7, 11) is -3.38. The Bertz CT molecular complexity index is 810. The first kappa shape index (κ1) is 17.1. The van der Waals surface area contributed by atoms with Crippen molar-refractivity contribution in [3.05, 3.63) is 65.2 Å². The molecule has 1 heterocycles. The topological polar surface area (TPSA) is 40.6 Å². The zero-order valence-electron chi connectivity index (χ0n) is 14.3. The van der Waals surface area contributed by atoms with E-state index in [0.29, 0.717) is 18.0 Å². The van der Waals surface area contributed by atoms with E-state index in [9.17, 15) is 8.42 Å². The number of nitrogens with zero attached hydrogens (tertiary/aromatic N) is 2. The van der Waals surface area contributed by atoms with Gasteiger partial charge in [0.1, 0.15) is 0 Å². The first-order valence-electron chi connectivity index (χ1n) is 8.30. The maximum absolute atomic E-state index is 12.8. The average Bonchev–Trinajstić information content (AvgIpc) is 2.55. The van der Waals surface area contributed by atoms with E-state index >= 15 is 0 Å². The lowest BCUT2D eigenvalue weighted by molar-refractivity contribution is 0.181. The summed E-state index contributed by atoms with van der Waals surface area (Å²) in [5.74, 6) is 0. The van der Waals surface area contributed by atoms with Gasteiger partial charge >= 0.3 is 0 Å². The van der Waals surface area contributed by atoms with E-state index in [1.165, 1.54) is 11.1 Å². The molecule has 1 aliphatic rings. The molecule has 4 nitrogen and oxygen atoms in total. The molecule has 24 heavy (non-hydrogen) atoms. The fourth-order valence-corrected chi connectivity index (χ4v) is 4.65. The number of piperazine rings is 1. The van der Waals surface area contributed by atoms with Crippen LogP contribution in [0.5, 0.6) is 0 Å². The molecule has 2 aromatic rings. The van der Waals surface area contributed by atoms with Gasteiger partial charge in [-0.2, -0.15) is 4.31 Å². The van der Waals surface area contributed by atoms with Crippen molar-refractivity contribution in [3.8, 4) is 0 Å². The maximum Gasteiger partial charge on any atom is 0.243 e. The van der Waals surface area contributed by atoms with Crippen LogP contribution in [0.15, 0.2) is 53.4 Å². The number of benzene rings is 2. The van der Waals surface area contributed by atoms with E-state index in [0.717, 1.165) is 25.2 Å². The van der Waals surface area contributed by atoms with Crippen molar-refractivity contribution in [3.63, 3.8) is 0 Å². The Kier molecular flexibility index (Phi) is 5.04. The molecular formula is C19H24N2O2S. The normalized spacial score (nSPS) is 17.1. The first-order chi connectivity index (χ1) is 11.4. The average molecular weight is 344 g/mol. The van der Waals surface area contributed by atoms with Crippen LogP contribution < -0.4 is 0 Å². The Labute approximate surface area is 144 Å². The lowest BCUT2D eigenvalue weighted by Gasteiger charge is -2.34. The molecule has 2 aromatic carbocycles. The van der Waals surface area contributed by atoms with Crippen LogP contribution in [-0.4, -0.2) is 43.8 Å². The van der Waals surface area contributed by atoms with Gasteiger partial charge in [0, 0.05) is 32.7 Å². The molecule has 3 rings (SSSR count). The fraction of sp³-hybridized carbons (Fsp3) is 0.368. The molecular weight excluding hydrogens is 320 g/mol. The number of sulfonamides is 1. The van der Waals surface area contributed by atoms with Crippen LogP contribution in [0, 0.1) is 13.8 Å². The predicted octanol–water partition coefficient (Wildman–Crippen LogP) is 2.81. The second-order valence-corrected chi connectivity index (χ2v) is 8.42. The number of aryl methyl sites for hydroxylation is 2. The molecule has 1 aliphatic heterocycles. The molecule has 0 bridgehead atoms. The van der Waals surface area contributed by atoms with Crippen LogP contribution >= 0.6 is 0 Å². The molecule has 128 valence electrons. The van der Waals surface area contributed by atoms with Crippen molar-refractivity contribution in [1.82, 2.24) is 9.21 Å². The van der Waals surface area contributed by atoms with Crippen LogP contribution in [0.1, 0.15) is 16.7 Å². The van der Waals surface area contributed by atoms with Crippen LogP contribution in [0.2, 0.25) is 0 Å². The molecule has 1 saturated heterocycles. The highest BCUT2D eigenvalue weighted by molar-refractivity contribution is 7.89. The Morgan fingerprint density at radius 1 is 0.875 bits per heavy atom. The van der Waals surface area contributed by atoms with Gasteiger partial charge in [-0.05, 0) is 37.1 Å². The van der Waals surface area contributed by atoms with Gasteiger partial charge in [0.25, 0.3) is 0 Å². The van der Waals surface area contributed by atoms with Gasteiger partial charge in [0.15, 0.2) is 0 Å². The smallest absolute Gasteiger partial charge is 0.243 e. The third-order valence-electron chi connectivity index (χ3n) is 4.45. The van der Waals surface area contributed by atoms with Crippen molar-refractivity contribution >= 4 is 10.0 Å². The van der Waals surface area contributed by atoms with Crippen LogP contribution in [-0.2, 0) is 16.6 Å². The molecule has 0 unspecified atom stereocenters. The van der Waals surface area contributed by atoms with Crippen molar-refractivity contribution in [2.24, 2.45) is 0 Å². The summed E-state index contributed by atoms with van der Waals surface area (Å²) in [5.41, 5.74) is 3.51. The Morgan fingerprint density at radius 2 is 1.50 bits per heavy atom. The molecule has 0 aromatic heterocycles. The summed E-state index contributed by atoms with van der Waals surface area (Å²) >= 11 is 0. The summed E-state index contributed by atoms with van der Waals surface area (Å²) in [6.45, 7) is 7.50. The number of rotatable bonds is 4. The van der Waals surface area contributed by atoms with Gasteiger partial charge in [-0.1, -0.05) is 42.0 Å². The fourth-order valence-electron chi connectivity index (χ4n) is 3.12. The molecule has 5 heteroatoms. The molecule has 0 saturated carbocycles. The van der Waals surface area contributed by atoms with E-state index in [1.807, 2.05) is 13.0 Å². The van der Waals surface area contributed by atoms with Crippen LogP contribution in [0.4, 0.5) is 0 Å². The second-order valence-electron chi connectivity index (χ2n) is 6.49. The predicted molar refractivity (Wildman–Crippen MR) is 96.4 cm³/mol. The van der Waals surface area contributed by atoms with E-state index in [4.69, 9.17) is 0 Å². The SMILES string of the molecule is Cc1cccc(CN2CCN(S(=O)(=O)c3cccc(C)c3)CC2)c1. The molecule has 0 amide bonds. The number of hydrogen-bond acceptors (Lipinski definition) is 3. The Balaban J connectivity index is 1.64. The van der Waals surface area contributed by atoms with E-state index in [1.54, 1.807) is 22.5 Å². The highest BCUT2D eigenvalue weighted by Crippen LogP contribution is 2.19. The van der Waals surface area contributed by atoms with E-state index in [2.05, 4.69) is 36.1 Å². The Morgan fingerprint density at radius 3 is 2.12 bits per heavy atom. The molecule has 0 aliphatic carbocycles. The molecule has 0 N–H and O–H groups in total. The maximum atomic E-state index is 12.8. The lowest BCUT2D eigenvalue weighted by Crippen LogP contribution is -2.48.